The van der Waals surface area contributed by atoms with Crippen LogP contribution in [0.4, 0.5) is 0 Å². The number of hydrogen-bond donors (Lipinski definition) is 7. The number of ether oxygens (including phenoxy) is 1. The van der Waals surface area contributed by atoms with E-state index in [4.69, 9.17) is 4.74 Å². The number of rotatable bonds is 3. The standard InChI is InChI=1S/C28H46O8/c1-15-11-19(13-20(30)23(15)32)36-18-6-7-24(3)17(12-18)5-8-27(34)21(24)14-22(31)25(4)26(33,16(2)29)9-10-28(25,27)35/h5,15-16,18-23,29-35H,6-14H2,1-4H3. The number of aliphatic hydroxyl groups is 7. The molecule has 0 aliphatic heterocycles. The van der Waals surface area contributed by atoms with Crippen molar-refractivity contribution in [3.63, 3.8) is 0 Å². The topological polar surface area (TPSA) is 151 Å². The summed E-state index contributed by atoms with van der Waals surface area (Å²) in [4.78, 5) is 0. The number of fused-ring (bicyclic) bond motifs is 5. The van der Waals surface area contributed by atoms with E-state index in [0.29, 0.717) is 19.3 Å². The summed E-state index contributed by atoms with van der Waals surface area (Å²) in [6.07, 6.45) is 2.12. The molecule has 36 heavy (non-hydrogen) atoms. The van der Waals surface area contributed by atoms with E-state index in [0.717, 1.165) is 12.8 Å². The fourth-order valence-corrected chi connectivity index (χ4v) is 9.30. The second-order valence-electron chi connectivity index (χ2n) is 13.4. The van der Waals surface area contributed by atoms with Crippen molar-refractivity contribution in [2.75, 3.05) is 0 Å². The van der Waals surface area contributed by atoms with Gasteiger partial charge in [0.05, 0.1) is 42.0 Å². The van der Waals surface area contributed by atoms with Crippen LogP contribution in [0.5, 0.6) is 0 Å². The van der Waals surface area contributed by atoms with E-state index in [1.165, 1.54) is 12.5 Å². The molecule has 5 aliphatic carbocycles. The van der Waals surface area contributed by atoms with Crippen molar-refractivity contribution < 1.29 is 40.5 Å². The van der Waals surface area contributed by atoms with E-state index in [2.05, 4.69) is 6.92 Å². The van der Waals surface area contributed by atoms with Crippen LogP contribution in [0.15, 0.2) is 11.6 Å². The molecule has 5 aliphatic rings. The van der Waals surface area contributed by atoms with Crippen LogP contribution in [0, 0.1) is 22.7 Å². The van der Waals surface area contributed by atoms with E-state index < -0.39 is 58.0 Å². The van der Waals surface area contributed by atoms with Gasteiger partial charge in [-0.2, -0.15) is 0 Å². The summed E-state index contributed by atoms with van der Waals surface area (Å²) in [5.41, 5.74) is -5.72. The predicted octanol–water partition coefficient (Wildman–Crippen LogP) is 1.17. The van der Waals surface area contributed by atoms with Gasteiger partial charge < -0.3 is 40.5 Å². The van der Waals surface area contributed by atoms with Crippen molar-refractivity contribution >= 4 is 0 Å². The average molecular weight is 511 g/mol. The molecule has 0 aromatic rings. The molecule has 4 fully saturated rings. The lowest BCUT2D eigenvalue weighted by Crippen LogP contribution is -2.78. The van der Waals surface area contributed by atoms with Crippen molar-refractivity contribution in [3.05, 3.63) is 11.6 Å². The molecule has 13 atom stereocenters. The van der Waals surface area contributed by atoms with Crippen LogP contribution in [0.2, 0.25) is 0 Å². The molecule has 4 saturated carbocycles. The van der Waals surface area contributed by atoms with E-state index in [-0.39, 0.29) is 43.8 Å². The molecule has 0 bridgehead atoms. The summed E-state index contributed by atoms with van der Waals surface area (Å²) < 4.78 is 6.42. The highest BCUT2D eigenvalue weighted by Crippen LogP contribution is 2.70. The second-order valence-corrected chi connectivity index (χ2v) is 13.4. The maximum atomic E-state index is 12.3. The minimum atomic E-state index is -1.75. The van der Waals surface area contributed by atoms with Gasteiger partial charge in [0.1, 0.15) is 16.8 Å². The molecular formula is C28H46O8. The Morgan fingerprint density at radius 2 is 1.67 bits per heavy atom. The highest BCUT2D eigenvalue weighted by atomic mass is 16.5. The maximum absolute atomic E-state index is 12.3. The normalized spacial score (nSPS) is 57.9. The monoisotopic (exact) mass is 510 g/mol. The Kier molecular flexibility index (Phi) is 6.34. The Labute approximate surface area is 214 Å². The molecule has 0 aromatic carbocycles. The van der Waals surface area contributed by atoms with Crippen LogP contribution in [-0.2, 0) is 4.74 Å². The summed E-state index contributed by atoms with van der Waals surface area (Å²) in [6.45, 7) is 7.14. The Morgan fingerprint density at radius 1 is 0.972 bits per heavy atom. The predicted molar refractivity (Wildman–Crippen MR) is 132 cm³/mol. The van der Waals surface area contributed by atoms with Gasteiger partial charge in [0.2, 0.25) is 0 Å². The van der Waals surface area contributed by atoms with Gasteiger partial charge in [-0.1, -0.05) is 32.4 Å². The smallest absolute Gasteiger partial charge is 0.105 e. The van der Waals surface area contributed by atoms with E-state index in [9.17, 15) is 35.7 Å². The highest BCUT2D eigenvalue weighted by molar-refractivity contribution is 5.36. The SMILES string of the molecule is CC1CC(OC2CCC3(C)C(=CCC4(O)C3CC(O)C3(C)C(O)(C(C)O)CCC43O)C2)CC(O)C1O. The quantitative estimate of drug-likeness (QED) is 0.280. The Morgan fingerprint density at radius 3 is 2.31 bits per heavy atom. The van der Waals surface area contributed by atoms with E-state index in [1.54, 1.807) is 6.92 Å². The fourth-order valence-electron chi connectivity index (χ4n) is 9.30. The lowest BCUT2D eigenvalue weighted by Gasteiger charge is -2.67. The molecule has 206 valence electrons. The molecule has 0 radical (unpaired) electrons. The Bertz CT molecular complexity index is 896. The van der Waals surface area contributed by atoms with Gasteiger partial charge >= 0.3 is 0 Å². The van der Waals surface area contributed by atoms with Gasteiger partial charge in [0.15, 0.2) is 0 Å². The molecule has 13 unspecified atom stereocenters. The first-order valence-corrected chi connectivity index (χ1v) is 13.9. The third-order valence-corrected chi connectivity index (χ3v) is 11.8. The molecule has 0 amide bonds. The Hall–Kier alpha value is -0.580. The fraction of sp³-hybridized carbons (Fsp3) is 0.929. The zero-order valence-electron chi connectivity index (χ0n) is 22.1. The van der Waals surface area contributed by atoms with Crippen molar-refractivity contribution in [3.8, 4) is 0 Å². The molecular weight excluding hydrogens is 464 g/mol. The maximum Gasteiger partial charge on any atom is 0.105 e. The second kappa shape index (κ2) is 8.46. The first-order chi connectivity index (χ1) is 16.6. The third kappa shape index (κ3) is 3.28. The largest absolute Gasteiger partial charge is 0.392 e. The van der Waals surface area contributed by atoms with Gasteiger partial charge in [-0.05, 0) is 69.6 Å². The number of aliphatic hydroxyl groups excluding tert-OH is 4. The highest BCUT2D eigenvalue weighted by Gasteiger charge is 2.80. The van der Waals surface area contributed by atoms with Crippen LogP contribution in [0.25, 0.3) is 0 Å². The van der Waals surface area contributed by atoms with E-state index in [1.807, 2.05) is 13.0 Å². The van der Waals surface area contributed by atoms with Crippen molar-refractivity contribution in [1.82, 2.24) is 0 Å². The van der Waals surface area contributed by atoms with Crippen LogP contribution >= 0.6 is 0 Å². The van der Waals surface area contributed by atoms with Crippen molar-refractivity contribution in [2.24, 2.45) is 22.7 Å². The van der Waals surface area contributed by atoms with Crippen LogP contribution in [-0.4, -0.2) is 89.2 Å². The molecule has 7 N–H and O–H groups in total. The van der Waals surface area contributed by atoms with Crippen LogP contribution in [0.1, 0.15) is 85.5 Å². The van der Waals surface area contributed by atoms with Crippen LogP contribution in [0.3, 0.4) is 0 Å². The molecule has 0 spiro atoms. The summed E-state index contributed by atoms with van der Waals surface area (Å²) in [7, 11) is 0. The first kappa shape index (κ1) is 27.0. The summed E-state index contributed by atoms with van der Waals surface area (Å²) in [5.74, 6) is -0.427. The molecule has 5 rings (SSSR count). The Balaban J connectivity index is 1.41. The summed E-state index contributed by atoms with van der Waals surface area (Å²) in [6, 6.07) is 0. The summed E-state index contributed by atoms with van der Waals surface area (Å²) >= 11 is 0. The minimum absolute atomic E-state index is 0.0242. The van der Waals surface area contributed by atoms with Gasteiger partial charge in [-0.3, -0.25) is 0 Å². The lowest BCUT2D eigenvalue weighted by atomic mass is 9.42. The van der Waals surface area contributed by atoms with E-state index >= 15 is 0 Å². The minimum Gasteiger partial charge on any atom is -0.392 e. The third-order valence-electron chi connectivity index (χ3n) is 11.8. The van der Waals surface area contributed by atoms with Gasteiger partial charge in [-0.15, -0.1) is 0 Å². The number of hydrogen-bond acceptors (Lipinski definition) is 8. The zero-order valence-corrected chi connectivity index (χ0v) is 22.1. The average Bonchev–Trinajstić information content (AvgIpc) is 3.04. The van der Waals surface area contributed by atoms with Gasteiger partial charge in [0, 0.05) is 12.3 Å². The first-order valence-electron chi connectivity index (χ1n) is 13.9. The molecule has 0 heterocycles. The van der Waals surface area contributed by atoms with Crippen LogP contribution < -0.4 is 0 Å². The molecule has 8 heteroatoms. The molecule has 0 saturated heterocycles. The lowest BCUT2D eigenvalue weighted by molar-refractivity contribution is -0.325. The van der Waals surface area contributed by atoms with Crippen molar-refractivity contribution in [1.29, 1.82) is 0 Å². The van der Waals surface area contributed by atoms with Gasteiger partial charge in [0.25, 0.3) is 0 Å². The zero-order chi connectivity index (χ0) is 26.5. The van der Waals surface area contributed by atoms with Crippen molar-refractivity contribution in [2.45, 2.75) is 139 Å². The van der Waals surface area contributed by atoms with Gasteiger partial charge in [-0.25, -0.2) is 0 Å². The molecule has 0 aromatic heterocycles. The molecule has 8 nitrogen and oxygen atoms in total. The summed E-state index contributed by atoms with van der Waals surface area (Å²) in [5, 5.41) is 78.0.